The van der Waals surface area contributed by atoms with E-state index in [2.05, 4.69) is 34.5 Å². The Hall–Kier alpha value is -1.06. The summed E-state index contributed by atoms with van der Waals surface area (Å²) in [5.74, 6) is 0. The van der Waals surface area contributed by atoms with Gasteiger partial charge < -0.3 is 15.0 Å². The molecule has 1 aromatic rings. The maximum Gasteiger partial charge on any atom is 0.0700 e. The predicted octanol–water partition coefficient (Wildman–Crippen LogP) is 2.95. The number of benzene rings is 1. The summed E-state index contributed by atoms with van der Waals surface area (Å²) >= 11 is 0. The lowest BCUT2D eigenvalue weighted by Crippen LogP contribution is -2.29. The normalized spacial score (nSPS) is 23.2. The zero-order valence-electron chi connectivity index (χ0n) is 12.3. The molecule has 110 valence electrons. The van der Waals surface area contributed by atoms with Gasteiger partial charge in [-0.05, 0) is 49.8 Å². The van der Waals surface area contributed by atoms with E-state index in [1.54, 1.807) is 0 Å². The molecule has 2 heterocycles. The molecule has 20 heavy (non-hydrogen) atoms. The Morgan fingerprint density at radius 1 is 1.05 bits per heavy atom. The fraction of sp³-hybridized carbons (Fsp3) is 0.647. The van der Waals surface area contributed by atoms with Crippen LogP contribution in [0.25, 0.3) is 0 Å². The standard InChI is InChI=1S/C17H26N2O/c1-2-10-19(11-3-1)16-8-6-15(7-9-16)13-18-14-17-5-4-12-20-17/h6-9,17-18H,1-5,10-14H2. The van der Waals surface area contributed by atoms with Crippen molar-refractivity contribution in [2.24, 2.45) is 0 Å². The molecule has 2 aliphatic heterocycles. The Bertz CT molecular complexity index is 392. The third-order valence-corrected chi connectivity index (χ3v) is 4.38. The number of rotatable bonds is 5. The molecule has 3 nitrogen and oxygen atoms in total. The first kappa shape index (κ1) is 13.9. The van der Waals surface area contributed by atoms with Crippen LogP contribution in [0.3, 0.4) is 0 Å². The molecular weight excluding hydrogens is 248 g/mol. The van der Waals surface area contributed by atoms with Crippen LogP contribution in [0.2, 0.25) is 0 Å². The summed E-state index contributed by atoms with van der Waals surface area (Å²) < 4.78 is 5.62. The number of piperidine rings is 1. The van der Waals surface area contributed by atoms with Gasteiger partial charge in [0.05, 0.1) is 6.10 Å². The zero-order chi connectivity index (χ0) is 13.6. The van der Waals surface area contributed by atoms with Gasteiger partial charge in [0.2, 0.25) is 0 Å². The van der Waals surface area contributed by atoms with Crippen LogP contribution in [-0.4, -0.2) is 32.3 Å². The van der Waals surface area contributed by atoms with Crippen molar-refractivity contribution in [1.29, 1.82) is 0 Å². The van der Waals surface area contributed by atoms with Crippen LogP contribution in [0.5, 0.6) is 0 Å². The summed E-state index contributed by atoms with van der Waals surface area (Å²) in [5, 5.41) is 3.50. The fourth-order valence-corrected chi connectivity index (χ4v) is 3.16. The van der Waals surface area contributed by atoms with Crippen molar-refractivity contribution < 1.29 is 4.74 Å². The minimum absolute atomic E-state index is 0.433. The zero-order valence-corrected chi connectivity index (χ0v) is 12.3. The van der Waals surface area contributed by atoms with Crippen molar-refractivity contribution in [1.82, 2.24) is 5.32 Å². The maximum absolute atomic E-state index is 5.62. The van der Waals surface area contributed by atoms with Gasteiger partial charge in [0, 0.05) is 38.5 Å². The summed E-state index contributed by atoms with van der Waals surface area (Å²) in [6.45, 7) is 5.30. The highest BCUT2D eigenvalue weighted by atomic mass is 16.5. The van der Waals surface area contributed by atoms with Gasteiger partial charge in [-0.25, -0.2) is 0 Å². The van der Waals surface area contributed by atoms with E-state index < -0.39 is 0 Å². The maximum atomic E-state index is 5.62. The van der Waals surface area contributed by atoms with Crippen LogP contribution in [0.15, 0.2) is 24.3 Å². The number of ether oxygens (including phenoxy) is 1. The largest absolute Gasteiger partial charge is 0.377 e. The van der Waals surface area contributed by atoms with Crippen molar-refractivity contribution >= 4 is 5.69 Å². The molecule has 0 spiro atoms. The monoisotopic (exact) mass is 274 g/mol. The van der Waals surface area contributed by atoms with Gasteiger partial charge >= 0.3 is 0 Å². The number of anilines is 1. The number of hydrogen-bond donors (Lipinski definition) is 1. The van der Waals surface area contributed by atoms with Gasteiger partial charge in [0.1, 0.15) is 0 Å². The highest BCUT2D eigenvalue weighted by molar-refractivity contribution is 5.47. The third kappa shape index (κ3) is 3.74. The van der Waals surface area contributed by atoms with Crippen molar-refractivity contribution in [2.75, 3.05) is 31.1 Å². The Labute approximate surface area is 122 Å². The van der Waals surface area contributed by atoms with E-state index in [4.69, 9.17) is 4.74 Å². The smallest absolute Gasteiger partial charge is 0.0700 e. The molecule has 1 N–H and O–H groups in total. The lowest BCUT2D eigenvalue weighted by atomic mass is 10.1. The summed E-state index contributed by atoms with van der Waals surface area (Å²) in [7, 11) is 0. The molecule has 0 amide bonds. The van der Waals surface area contributed by atoms with Crippen molar-refractivity contribution in [3.8, 4) is 0 Å². The molecular formula is C17H26N2O. The molecule has 3 heteroatoms. The van der Waals surface area contributed by atoms with Crippen LogP contribution in [0.1, 0.15) is 37.7 Å². The van der Waals surface area contributed by atoms with Gasteiger partial charge in [-0.1, -0.05) is 12.1 Å². The van der Waals surface area contributed by atoms with Gasteiger partial charge in [-0.15, -0.1) is 0 Å². The minimum atomic E-state index is 0.433. The predicted molar refractivity (Wildman–Crippen MR) is 83.2 cm³/mol. The van der Waals surface area contributed by atoms with Crippen LogP contribution < -0.4 is 10.2 Å². The molecule has 0 aliphatic carbocycles. The minimum Gasteiger partial charge on any atom is -0.377 e. The van der Waals surface area contributed by atoms with Gasteiger partial charge in [0.25, 0.3) is 0 Å². The summed E-state index contributed by atoms with van der Waals surface area (Å²) in [6.07, 6.45) is 6.93. The second-order valence-corrected chi connectivity index (χ2v) is 5.98. The first-order valence-electron chi connectivity index (χ1n) is 8.08. The Balaban J connectivity index is 1.45. The van der Waals surface area contributed by atoms with Gasteiger partial charge in [-0.2, -0.15) is 0 Å². The average molecular weight is 274 g/mol. The SMILES string of the molecule is c1cc(N2CCCCC2)ccc1CNCC1CCCO1. The average Bonchev–Trinajstić information content (AvgIpc) is 3.02. The molecule has 0 aromatic heterocycles. The van der Waals surface area contributed by atoms with Crippen LogP contribution in [0.4, 0.5) is 5.69 Å². The van der Waals surface area contributed by atoms with E-state index in [9.17, 15) is 0 Å². The number of nitrogens with zero attached hydrogens (tertiary/aromatic N) is 1. The van der Waals surface area contributed by atoms with E-state index in [0.717, 1.165) is 19.7 Å². The fourth-order valence-electron chi connectivity index (χ4n) is 3.16. The van der Waals surface area contributed by atoms with Gasteiger partial charge in [0.15, 0.2) is 0 Å². The van der Waals surface area contributed by atoms with Crippen LogP contribution in [0, 0.1) is 0 Å². The third-order valence-electron chi connectivity index (χ3n) is 4.38. The summed E-state index contributed by atoms with van der Waals surface area (Å²) in [4.78, 5) is 2.51. The number of nitrogens with one attached hydrogen (secondary N) is 1. The van der Waals surface area contributed by atoms with Crippen LogP contribution >= 0.6 is 0 Å². The second-order valence-electron chi connectivity index (χ2n) is 5.98. The van der Waals surface area contributed by atoms with Crippen molar-refractivity contribution in [3.63, 3.8) is 0 Å². The van der Waals surface area contributed by atoms with Crippen molar-refractivity contribution in [3.05, 3.63) is 29.8 Å². The highest BCUT2D eigenvalue weighted by Gasteiger charge is 2.14. The van der Waals surface area contributed by atoms with E-state index >= 15 is 0 Å². The molecule has 0 saturated carbocycles. The van der Waals surface area contributed by atoms with Crippen LogP contribution in [-0.2, 0) is 11.3 Å². The molecule has 1 aromatic carbocycles. The lowest BCUT2D eigenvalue weighted by molar-refractivity contribution is 0.110. The first-order chi connectivity index (χ1) is 9.92. The molecule has 0 radical (unpaired) electrons. The molecule has 3 rings (SSSR count). The van der Waals surface area contributed by atoms with E-state index in [-0.39, 0.29) is 0 Å². The topological polar surface area (TPSA) is 24.5 Å². The van der Waals surface area contributed by atoms with E-state index in [1.807, 2.05) is 0 Å². The molecule has 2 saturated heterocycles. The summed E-state index contributed by atoms with van der Waals surface area (Å²) in [6, 6.07) is 9.06. The van der Waals surface area contributed by atoms with E-state index in [1.165, 1.54) is 56.4 Å². The Morgan fingerprint density at radius 2 is 1.85 bits per heavy atom. The van der Waals surface area contributed by atoms with E-state index in [0.29, 0.717) is 6.10 Å². The Morgan fingerprint density at radius 3 is 2.55 bits per heavy atom. The Kier molecular flexibility index (Phi) is 4.93. The molecule has 2 fully saturated rings. The molecule has 1 unspecified atom stereocenters. The molecule has 1 atom stereocenters. The van der Waals surface area contributed by atoms with Gasteiger partial charge in [-0.3, -0.25) is 0 Å². The summed E-state index contributed by atoms with van der Waals surface area (Å²) in [5.41, 5.74) is 2.75. The number of hydrogen-bond acceptors (Lipinski definition) is 3. The van der Waals surface area contributed by atoms with Crippen molar-refractivity contribution in [2.45, 2.75) is 44.8 Å². The first-order valence-corrected chi connectivity index (χ1v) is 8.08. The quantitative estimate of drug-likeness (QED) is 0.893. The molecule has 2 aliphatic rings. The molecule has 0 bridgehead atoms. The highest BCUT2D eigenvalue weighted by Crippen LogP contribution is 2.20. The second kappa shape index (κ2) is 7.09. The lowest BCUT2D eigenvalue weighted by Gasteiger charge is -2.28.